The number of hydrogen-bond donors (Lipinski definition) is 2. The zero-order valence-electron chi connectivity index (χ0n) is 16.2. The van der Waals surface area contributed by atoms with E-state index in [-0.39, 0.29) is 15.8 Å². The second kappa shape index (κ2) is 8.20. The number of aliphatic carboxylic acids is 1. The van der Waals surface area contributed by atoms with Gasteiger partial charge in [0.05, 0.1) is 0 Å². The minimum atomic E-state index is -1.02. The number of rotatable bonds is 6. The van der Waals surface area contributed by atoms with Crippen molar-refractivity contribution in [3.63, 3.8) is 0 Å². The molecule has 2 aromatic heterocycles. The Morgan fingerprint density at radius 1 is 1.03 bits per heavy atom. The molecule has 0 fully saturated rings. The van der Waals surface area contributed by atoms with Gasteiger partial charge in [-0.15, -0.1) is 0 Å². The van der Waals surface area contributed by atoms with Gasteiger partial charge in [-0.3, -0.25) is 0 Å². The average Bonchev–Trinajstić information content (AvgIpc) is 3.26. The number of ether oxygens (including phenoxy) is 1. The summed E-state index contributed by atoms with van der Waals surface area (Å²) in [6.07, 6.45) is 1.83. The van der Waals surface area contributed by atoms with Crippen LogP contribution in [-0.2, 0) is 4.79 Å². The summed E-state index contributed by atoms with van der Waals surface area (Å²) in [4.78, 5) is 20.5. The third-order valence-corrected chi connectivity index (χ3v) is 6.98. The molecule has 0 aliphatic heterocycles. The molecule has 0 aliphatic carbocycles. The molecule has 7 nitrogen and oxygen atoms in total. The Balaban J connectivity index is 1.56. The number of para-hydroxylation sites is 1. The van der Waals surface area contributed by atoms with Crippen molar-refractivity contribution >= 4 is 52.4 Å². The summed E-state index contributed by atoms with van der Waals surface area (Å²) in [5, 5.41) is 18.1. The molecule has 2 N–H and O–H groups in total. The molecular formula is C23H16AsN4O3. The van der Waals surface area contributed by atoms with Crippen LogP contribution in [0.5, 0.6) is 5.75 Å². The third-order valence-electron chi connectivity index (χ3n) is 4.70. The molecule has 8 heteroatoms. The van der Waals surface area contributed by atoms with E-state index in [1.54, 1.807) is 12.1 Å². The zero-order chi connectivity index (χ0) is 21.2. The minimum absolute atomic E-state index is 0.385. The number of hydrogen-bond acceptors (Lipinski definition) is 5. The normalized spacial score (nSPS) is 11.5. The molecule has 31 heavy (non-hydrogen) atoms. The van der Waals surface area contributed by atoms with Gasteiger partial charge >= 0.3 is 184 Å². The van der Waals surface area contributed by atoms with Crippen LogP contribution in [0.3, 0.4) is 0 Å². The molecule has 151 valence electrons. The predicted molar refractivity (Wildman–Crippen MR) is 119 cm³/mol. The van der Waals surface area contributed by atoms with Crippen LogP contribution < -0.4 is 13.6 Å². The van der Waals surface area contributed by atoms with Crippen LogP contribution in [0, 0.1) is 0 Å². The first-order valence-corrected chi connectivity index (χ1v) is 11.4. The van der Waals surface area contributed by atoms with Crippen LogP contribution >= 0.6 is 0 Å². The van der Waals surface area contributed by atoms with Gasteiger partial charge in [-0.2, -0.15) is 0 Å². The molecule has 3 aromatic carbocycles. The van der Waals surface area contributed by atoms with Crippen molar-refractivity contribution in [1.82, 2.24) is 20.2 Å². The molecule has 1 radical (unpaired) electrons. The number of nitrogens with one attached hydrogen (secondary N) is 1. The fourth-order valence-electron chi connectivity index (χ4n) is 3.27. The second-order valence-corrected chi connectivity index (χ2v) is 9.29. The van der Waals surface area contributed by atoms with Crippen molar-refractivity contribution in [2.75, 3.05) is 6.61 Å². The van der Waals surface area contributed by atoms with Gasteiger partial charge in [-0.1, -0.05) is 0 Å². The van der Waals surface area contributed by atoms with E-state index in [1.165, 1.54) is 4.35 Å². The Labute approximate surface area is 183 Å². The van der Waals surface area contributed by atoms with Crippen LogP contribution in [0.2, 0.25) is 0 Å². The second-order valence-electron chi connectivity index (χ2n) is 6.85. The number of nitrogens with zero attached hydrogens (tertiary/aromatic N) is 3. The number of H-pyrrole nitrogens is 1. The number of benzene rings is 3. The first-order valence-electron chi connectivity index (χ1n) is 9.52. The molecule has 5 aromatic rings. The van der Waals surface area contributed by atoms with Gasteiger partial charge in [-0.25, -0.2) is 0 Å². The topological polar surface area (TPSA) is 101 Å². The Morgan fingerprint density at radius 2 is 1.94 bits per heavy atom. The monoisotopic (exact) mass is 471 g/mol. The number of aromatic nitrogens is 4. The Kier molecular flexibility index (Phi) is 5.10. The van der Waals surface area contributed by atoms with E-state index < -0.39 is 12.6 Å². The Morgan fingerprint density at radius 3 is 2.84 bits per heavy atom. The third kappa shape index (κ3) is 4.13. The van der Waals surface area contributed by atoms with Gasteiger partial charge in [0, 0.05) is 0 Å². The first kappa shape index (κ1) is 19.3. The van der Waals surface area contributed by atoms with Gasteiger partial charge in [0.25, 0.3) is 0 Å². The number of carbonyl (C=O) groups is 1. The molecular weight excluding hydrogens is 455 g/mol. The van der Waals surface area contributed by atoms with E-state index in [4.69, 9.17) is 19.8 Å². The van der Waals surface area contributed by atoms with Crippen LogP contribution in [0.25, 0.3) is 33.2 Å². The van der Waals surface area contributed by atoms with Crippen LogP contribution in [-0.4, -0.2) is 53.6 Å². The van der Waals surface area contributed by atoms with Crippen molar-refractivity contribution in [2.24, 2.45) is 0 Å². The van der Waals surface area contributed by atoms with Crippen molar-refractivity contribution in [3.8, 4) is 17.1 Å². The molecule has 0 atom stereocenters. The van der Waals surface area contributed by atoms with E-state index in [2.05, 4.69) is 22.3 Å². The number of fused-ring (bicyclic) bond motifs is 2. The van der Waals surface area contributed by atoms with Gasteiger partial charge in [0.1, 0.15) is 0 Å². The molecule has 0 saturated carbocycles. The van der Waals surface area contributed by atoms with Crippen molar-refractivity contribution in [2.45, 2.75) is 0 Å². The fraction of sp³-hybridized carbons (Fsp3) is 0.0435. The van der Waals surface area contributed by atoms with Gasteiger partial charge in [0.2, 0.25) is 0 Å². The molecule has 0 amide bonds. The summed E-state index contributed by atoms with van der Waals surface area (Å²) < 4.78 is 7.55. The molecule has 0 saturated heterocycles. The van der Waals surface area contributed by atoms with Gasteiger partial charge in [-0.05, 0) is 0 Å². The van der Waals surface area contributed by atoms with Crippen LogP contribution in [0.4, 0.5) is 0 Å². The van der Waals surface area contributed by atoms with E-state index in [1.807, 2.05) is 48.7 Å². The summed E-state index contributed by atoms with van der Waals surface area (Å²) in [7, 11) is 0. The number of carboxylic acid groups (broad SMARTS) is 1. The molecule has 0 spiro atoms. The number of aromatic amines is 1. The summed E-state index contributed by atoms with van der Waals surface area (Å²) in [6.45, 7) is -0.394. The zero-order valence-corrected chi connectivity index (χ0v) is 18.1. The maximum absolute atomic E-state index is 10.8. The molecule has 2 heterocycles. The number of carboxylic acids is 1. The fourth-order valence-corrected chi connectivity index (χ4v) is 5.47. The van der Waals surface area contributed by atoms with Crippen molar-refractivity contribution < 1.29 is 14.6 Å². The Bertz CT molecular complexity index is 1420. The van der Waals surface area contributed by atoms with Crippen molar-refractivity contribution in [3.05, 3.63) is 72.9 Å². The first-order chi connectivity index (χ1) is 15.2. The maximum atomic E-state index is 10.8. The van der Waals surface area contributed by atoms with E-state index in [9.17, 15) is 4.79 Å². The summed E-state index contributed by atoms with van der Waals surface area (Å²) in [5.74, 6) is 0.0411. The SMILES string of the molecule is O=C(O)COc1cccc(-c2nc([As]c3ccc4[nH]ncc4c3)c3ccccc3n2)c1. The van der Waals surface area contributed by atoms with Crippen LogP contribution in [0.1, 0.15) is 0 Å². The van der Waals surface area contributed by atoms with Crippen LogP contribution in [0.15, 0.2) is 72.9 Å². The molecule has 0 aliphatic rings. The molecule has 0 bridgehead atoms. The quantitative estimate of drug-likeness (QED) is 0.369. The summed E-state index contributed by atoms with van der Waals surface area (Å²) in [5.41, 5.74) is 2.66. The average molecular weight is 471 g/mol. The standard InChI is InChI=1S/C23H16AsN4O3/c29-21(30)13-31-17-5-3-4-14(11-17)23-26-20-7-2-1-6-18(20)22(27-23)24-16-8-9-19-15(10-16)12-25-28-19/h1-12H,13H2,(H,25,28)(H,29,30). The van der Waals surface area contributed by atoms with E-state index in [0.29, 0.717) is 11.6 Å². The molecule has 0 unspecified atom stereocenters. The van der Waals surface area contributed by atoms with Gasteiger partial charge < -0.3 is 0 Å². The van der Waals surface area contributed by atoms with Gasteiger partial charge in [0.15, 0.2) is 0 Å². The summed E-state index contributed by atoms with van der Waals surface area (Å²) >= 11 is -0.385. The predicted octanol–water partition coefficient (Wildman–Crippen LogP) is 2.29. The van der Waals surface area contributed by atoms with Crippen molar-refractivity contribution in [1.29, 1.82) is 0 Å². The Hall–Kier alpha value is -3.70. The van der Waals surface area contributed by atoms with E-state index >= 15 is 0 Å². The van der Waals surface area contributed by atoms with E-state index in [0.717, 1.165) is 31.9 Å². The summed E-state index contributed by atoms with van der Waals surface area (Å²) in [6, 6.07) is 21.5. The molecule has 5 rings (SSSR count).